The largest absolute Gasteiger partial charge is 0.461 e. The summed E-state index contributed by atoms with van der Waals surface area (Å²) in [4.78, 5) is 17.3. The fourth-order valence-electron chi connectivity index (χ4n) is 3.25. The second-order valence-electron chi connectivity index (χ2n) is 6.72. The van der Waals surface area contributed by atoms with E-state index in [-0.39, 0.29) is 11.7 Å². The van der Waals surface area contributed by atoms with Gasteiger partial charge in [-0.05, 0) is 42.8 Å². The molecule has 0 saturated carbocycles. The molecule has 0 aliphatic carbocycles. The van der Waals surface area contributed by atoms with E-state index < -0.39 is 0 Å². The summed E-state index contributed by atoms with van der Waals surface area (Å²) in [5.41, 5.74) is 3.30. The SMILES string of the molecule is Cc1ccccc1NC(=O)CSc1nnc2c3ccccc3nc(-c3ccco3)n12. The van der Waals surface area contributed by atoms with Gasteiger partial charge in [-0.1, -0.05) is 42.1 Å². The number of benzene rings is 2. The summed E-state index contributed by atoms with van der Waals surface area (Å²) in [5, 5.41) is 13.1. The van der Waals surface area contributed by atoms with Crippen LogP contribution in [0.3, 0.4) is 0 Å². The minimum absolute atomic E-state index is 0.112. The Morgan fingerprint density at radius 1 is 1.07 bits per heavy atom. The van der Waals surface area contributed by atoms with E-state index in [1.54, 1.807) is 6.26 Å². The first-order valence-electron chi connectivity index (χ1n) is 9.37. The van der Waals surface area contributed by atoms with Crippen molar-refractivity contribution in [2.75, 3.05) is 11.1 Å². The normalized spacial score (nSPS) is 11.2. The van der Waals surface area contributed by atoms with Crippen molar-refractivity contribution in [2.24, 2.45) is 0 Å². The van der Waals surface area contributed by atoms with Crippen LogP contribution >= 0.6 is 11.8 Å². The Kier molecular flexibility index (Phi) is 4.68. The number of nitrogens with zero attached hydrogens (tertiary/aromatic N) is 4. The number of aromatic nitrogens is 4. The second-order valence-corrected chi connectivity index (χ2v) is 7.67. The summed E-state index contributed by atoms with van der Waals surface area (Å²) >= 11 is 1.31. The van der Waals surface area contributed by atoms with Crippen molar-refractivity contribution in [3.8, 4) is 11.6 Å². The van der Waals surface area contributed by atoms with Crippen LogP contribution in [0.5, 0.6) is 0 Å². The second kappa shape index (κ2) is 7.64. The smallest absolute Gasteiger partial charge is 0.234 e. The molecule has 3 aromatic heterocycles. The molecule has 8 heteroatoms. The number of hydrogen-bond acceptors (Lipinski definition) is 6. The molecule has 148 valence electrons. The van der Waals surface area contributed by atoms with Gasteiger partial charge in [-0.25, -0.2) is 4.98 Å². The van der Waals surface area contributed by atoms with Gasteiger partial charge in [0.1, 0.15) is 0 Å². The highest BCUT2D eigenvalue weighted by molar-refractivity contribution is 7.99. The summed E-state index contributed by atoms with van der Waals surface area (Å²) in [6, 6.07) is 19.1. The van der Waals surface area contributed by atoms with Gasteiger partial charge in [0.25, 0.3) is 0 Å². The molecule has 0 atom stereocenters. The number of aryl methyl sites for hydroxylation is 1. The molecule has 5 aromatic rings. The molecule has 0 aliphatic rings. The molecule has 0 aliphatic heterocycles. The molecule has 7 nitrogen and oxygen atoms in total. The highest BCUT2D eigenvalue weighted by Crippen LogP contribution is 2.29. The summed E-state index contributed by atoms with van der Waals surface area (Å²) in [6.45, 7) is 1.96. The molecule has 0 radical (unpaired) electrons. The zero-order valence-electron chi connectivity index (χ0n) is 16.1. The lowest BCUT2D eigenvalue weighted by atomic mass is 10.2. The fourth-order valence-corrected chi connectivity index (χ4v) is 3.99. The molecule has 2 aromatic carbocycles. The number of furan rings is 1. The third-order valence-corrected chi connectivity index (χ3v) is 5.64. The van der Waals surface area contributed by atoms with Gasteiger partial charge >= 0.3 is 0 Å². The fraction of sp³-hybridized carbons (Fsp3) is 0.0909. The predicted molar refractivity (Wildman–Crippen MR) is 117 cm³/mol. The minimum Gasteiger partial charge on any atom is -0.461 e. The van der Waals surface area contributed by atoms with E-state index in [1.165, 1.54) is 11.8 Å². The van der Waals surface area contributed by atoms with Crippen LogP contribution < -0.4 is 5.32 Å². The van der Waals surface area contributed by atoms with Crippen molar-refractivity contribution in [3.63, 3.8) is 0 Å². The highest BCUT2D eigenvalue weighted by Gasteiger charge is 2.19. The monoisotopic (exact) mass is 415 g/mol. The molecule has 0 saturated heterocycles. The number of para-hydroxylation sites is 2. The standard InChI is InChI=1S/C22H17N5O2S/c1-14-7-2-4-9-16(14)23-19(28)13-30-22-26-25-20-15-8-3-5-10-17(15)24-21(27(20)22)18-11-6-12-29-18/h2-12H,13H2,1H3,(H,23,28). The average Bonchev–Trinajstić information content (AvgIpc) is 3.44. The van der Waals surface area contributed by atoms with Gasteiger partial charge in [0, 0.05) is 11.1 Å². The Labute approximate surface area is 176 Å². The van der Waals surface area contributed by atoms with Gasteiger partial charge in [-0.3, -0.25) is 9.20 Å². The van der Waals surface area contributed by atoms with Crippen LogP contribution in [-0.2, 0) is 4.79 Å². The number of fused-ring (bicyclic) bond motifs is 3. The third-order valence-electron chi connectivity index (χ3n) is 4.71. The Morgan fingerprint density at radius 2 is 1.90 bits per heavy atom. The van der Waals surface area contributed by atoms with Crippen LogP contribution in [0.15, 0.2) is 76.5 Å². The van der Waals surface area contributed by atoms with Crippen molar-refractivity contribution in [3.05, 3.63) is 72.5 Å². The van der Waals surface area contributed by atoms with E-state index in [0.29, 0.717) is 22.4 Å². The van der Waals surface area contributed by atoms with Crippen molar-refractivity contribution in [2.45, 2.75) is 12.1 Å². The maximum atomic E-state index is 12.5. The molecular weight excluding hydrogens is 398 g/mol. The molecule has 0 bridgehead atoms. The molecule has 0 fully saturated rings. The summed E-state index contributed by atoms with van der Waals surface area (Å²) in [5.74, 6) is 1.29. The zero-order valence-corrected chi connectivity index (χ0v) is 16.9. The first-order chi connectivity index (χ1) is 14.7. The van der Waals surface area contributed by atoms with E-state index in [1.807, 2.05) is 72.0 Å². The van der Waals surface area contributed by atoms with Crippen molar-refractivity contribution in [1.29, 1.82) is 0 Å². The highest BCUT2D eigenvalue weighted by atomic mass is 32.2. The van der Waals surface area contributed by atoms with E-state index >= 15 is 0 Å². The number of carbonyl (C=O) groups excluding carboxylic acids is 1. The number of anilines is 1. The van der Waals surface area contributed by atoms with Crippen LogP contribution in [-0.4, -0.2) is 31.2 Å². The summed E-state index contributed by atoms with van der Waals surface area (Å²) in [6.07, 6.45) is 1.60. The van der Waals surface area contributed by atoms with Gasteiger partial charge in [0.05, 0.1) is 17.5 Å². The first kappa shape index (κ1) is 18.4. The lowest BCUT2D eigenvalue weighted by Gasteiger charge is -2.09. The minimum atomic E-state index is -0.112. The Morgan fingerprint density at radius 3 is 2.73 bits per heavy atom. The van der Waals surface area contributed by atoms with Crippen molar-refractivity contribution in [1.82, 2.24) is 19.6 Å². The Hall–Kier alpha value is -3.65. The summed E-state index contributed by atoms with van der Waals surface area (Å²) < 4.78 is 7.43. The number of hydrogen-bond donors (Lipinski definition) is 1. The Balaban J connectivity index is 1.50. The van der Waals surface area contributed by atoms with Crippen molar-refractivity contribution >= 4 is 39.9 Å². The van der Waals surface area contributed by atoms with Gasteiger partial charge < -0.3 is 9.73 Å². The van der Waals surface area contributed by atoms with Crippen LogP contribution in [0.1, 0.15) is 5.56 Å². The maximum absolute atomic E-state index is 12.5. The van der Waals surface area contributed by atoms with Gasteiger partial charge in [0.15, 0.2) is 22.4 Å². The van der Waals surface area contributed by atoms with Crippen LogP contribution in [0.2, 0.25) is 0 Å². The lowest BCUT2D eigenvalue weighted by molar-refractivity contribution is -0.113. The molecule has 0 unspecified atom stereocenters. The van der Waals surface area contributed by atoms with Crippen LogP contribution in [0, 0.1) is 6.92 Å². The van der Waals surface area contributed by atoms with Gasteiger partial charge in [-0.15, -0.1) is 10.2 Å². The van der Waals surface area contributed by atoms with Crippen LogP contribution in [0.4, 0.5) is 5.69 Å². The van der Waals surface area contributed by atoms with E-state index in [4.69, 9.17) is 9.40 Å². The number of amides is 1. The topological polar surface area (TPSA) is 85.3 Å². The van der Waals surface area contributed by atoms with E-state index in [0.717, 1.165) is 22.2 Å². The molecule has 0 spiro atoms. The zero-order chi connectivity index (χ0) is 20.5. The van der Waals surface area contributed by atoms with Gasteiger partial charge in [0.2, 0.25) is 5.91 Å². The molecule has 1 amide bonds. The maximum Gasteiger partial charge on any atom is 0.234 e. The first-order valence-corrected chi connectivity index (χ1v) is 10.4. The predicted octanol–water partition coefficient (Wildman–Crippen LogP) is 4.58. The number of rotatable bonds is 5. The van der Waals surface area contributed by atoms with Crippen molar-refractivity contribution < 1.29 is 9.21 Å². The molecular formula is C22H17N5O2S. The summed E-state index contributed by atoms with van der Waals surface area (Å²) in [7, 11) is 0. The lowest BCUT2D eigenvalue weighted by Crippen LogP contribution is -2.15. The molecule has 1 N–H and O–H groups in total. The quantitative estimate of drug-likeness (QED) is 0.423. The number of carbonyl (C=O) groups is 1. The van der Waals surface area contributed by atoms with Gasteiger partial charge in [-0.2, -0.15) is 0 Å². The van der Waals surface area contributed by atoms with E-state index in [2.05, 4.69) is 15.5 Å². The average molecular weight is 415 g/mol. The number of thioether (sulfide) groups is 1. The molecule has 3 heterocycles. The number of nitrogens with one attached hydrogen (secondary N) is 1. The molecule has 5 rings (SSSR count). The molecule has 30 heavy (non-hydrogen) atoms. The third kappa shape index (κ3) is 3.31. The van der Waals surface area contributed by atoms with E-state index in [9.17, 15) is 4.79 Å². The Bertz CT molecular complexity index is 1360. The van der Waals surface area contributed by atoms with Crippen LogP contribution in [0.25, 0.3) is 28.1 Å².